The number of rotatable bonds is 2. The van der Waals surface area contributed by atoms with E-state index in [9.17, 15) is 4.79 Å². The van der Waals surface area contributed by atoms with Gasteiger partial charge in [-0.05, 0) is 30.3 Å². The highest BCUT2D eigenvalue weighted by Gasteiger charge is 2.20. The van der Waals surface area contributed by atoms with E-state index in [0.29, 0.717) is 17.9 Å². The lowest BCUT2D eigenvalue weighted by molar-refractivity contribution is 0.0946. The minimum Gasteiger partial charge on any atom is -0.356 e. The molecule has 0 fully saturated rings. The fourth-order valence-electron chi connectivity index (χ4n) is 2.76. The second kappa shape index (κ2) is 6.14. The van der Waals surface area contributed by atoms with Gasteiger partial charge in [-0.3, -0.25) is 4.79 Å². The summed E-state index contributed by atoms with van der Waals surface area (Å²) in [6.45, 7) is 0.660. The molecule has 4 rings (SSSR count). The highest BCUT2D eigenvalue weighted by molar-refractivity contribution is 9.11. The average Bonchev–Trinajstić information content (AvgIpc) is 3.00. The zero-order valence-corrected chi connectivity index (χ0v) is 15.6. The van der Waals surface area contributed by atoms with Crippen LogP contribution >= 0.6 is 31.9 Å². The zero-order chi connectivity index (χ0) is 16.7. The molecule has 3 heterocycles. The molecule has 5 nitrogen and oxygen atoms in total. The number of hydrogen-bond acceptors (Lipinski definition) is 3. The third-order valence-corrected chi connectivity index (χ3v) is 4.77. The monoisotopic (exact) mass is 446 g/mol. The third-order valence-electron chi connectivity index (χ3n) is 3.86. The van der Waals surface area contributed by atoms with Gasteiger partial charge in [0.15, 0.2) is 5.82 Å². The summed E-state index contributed by atoms with van der Waals surface area (Å²) >= 11 is 6.97. The maximum atomic E-state index is 11.9. The molecule has 7 heteroatoms. The van der Waals surface area contributed by atoms with Crippen LogP contribution in [-0.2, 0) is 6.42 Å². The molecule has 1 amide bonds. The van der Waals surface area contributed by atoms with Gasteiger partial charge in [-0.2, -0.15) is 0 Å². The molecular formula is C17H12Br2N4O. The summed E-state index contributed by atoms with van der Waals surface area (Å²) in [5.74, 6) is 0.593. The molecular weight excluding hydrogens is 436 g/mol. The van der Waals surface area contributed by atoms with Gasteiger partial charge in [0.25, 0.3) is 5.91 Å². The number of halogens is 2. The Morgan fingerprint density at radius 3 is 2.62 bits per heavy atom. The number of fused-ring (bicyclic) bond motifs is 1. The fourth-order valence-corrected chi connectivity index (χ4v) is 4.06. The Labute approximate surface area is 155 Å². The van der Waals surface area contributed by atoms with Gasteiger partial charge in [-0.25, -0.2) is 9.97 Å². The number of hydrogen-bond donors (Lipinski definition) is 2. The zero-order valence-electron chi connectivity index (χ0n) is 12.4. The normalized spacial score (nSPS) is 13.5. The van der Waals surface area contributed by atoms with Gasteiger partial charge >= 0.3 is 0 Å². The second-order valence-corrected chi connectivity index (χ2v) is 7.34. The van der Waals surface area contributed by atoms with Gasteiger partial charge in [0.1, 0.15) is 0 Å². The molecule has 2 N–H and O–H groups in total. The molecule has 1 aliphatic heterocycles. The van der Waals surface area contributed by atoms with Gasteiger partial charge in [0.2, 0.25) is 0 Å². The summed E-state index contributed by atoms with van der Waals surface area (Å²) in [5.41, 5.74) is 4.15. The number of H-pyrrole nitrogens is 1. The number of nitrogens with zero attached hydrogens (tertiary/aromatic N) is 2. The Balaban J connectivity index is 1.77. The van der Waals surface area contributed by atoms with Crippen LogP contribution in [0.2, 0.25) is 0 Å². The largest absolute Gasteiger partial charge is 0.356 e. The first-order valence-corrected chi connectivity index (χ1v) is 8.99. The molecule has 1 aliphatic rings. The first-order valence-electron chi connectivity index (χ1n) is 7.40. The molecule has 120 valence electrons. The number of carbonyl (C=O) groups is 1. The number of aromatic amines is 1. The van der Waals surface area contributed by atoms with Crippen LogP contribution in [0.25, 0.3) is 22.8 Å². The molecule has 3 aromatic rings. The van der Waals surface area contributed by atoms with Crippen LogP contribution in [0.4, 0.5) is 0 Å². The number of carbonyl (C=O) groups excluding carboxylic acids is 1. The predicted molar refractivity (Wildman–Crippen MR) is 98.7 cm³/mol. The summed E-state index contributed by atoms with van der Waals surface area (Å²) in [4.78, 5) is 24.2. The number of aromatic nitrogens is 3. The van der Waals surface area contributed by atoms with E-state index < -0.39 is 0 Å². The van der Waals surface area contributed by atoms with E-state index in [1.807, 2.05) is 30.3 Å². The topological polar surface area (TPSA) is 70.7 Å². The first-order chi connectivity index (χ1) is 11.6. The Hall–Kier alpha value is -1.99. The quantitative estimate of drug-likeness (QED) is 0.624. The van der Waals surface area contributed by atoms with Gasteiger partial charge < -0.3 is 10.3 Å². The highest BCUT2D eigenvalue weighted by Crippen LogP contribution is 2.28. The molecule has 24 heavy (non-hydrogen) atoms. The van der Waals surface area contributed by atoms with E-state index in [4.69, 9.17) is 0 Å². The Kier molecular flexibility index (Phi) is 3.97. The molecule has 0 spiro atoms. The Bertz CT molecular complexity index is 931. The van der Waals surface area contributed by atoms with Crippen molar-refractivity contribution in [2.45, 2.75) is 6.42 Å². The molecule has 0 radical (unpaired) electrons. The second-order valence-electron chi connectivity index (χ2n) is 5.50. The molecule has 0 atom stereocenters. The van der Waals surface area contributed by atoms with Crippen LogP contribution in [0.3, 0.4) is 0 Å². The maximum Gasteiger partial charge on any atom is 0.253 e. The summed E-state index contributed by atoms with van der Waals surface area (Å²) in [6, 6.07) is 9.59. The van der Waals surface area contributed by atoms with E-state index in [-0.39, 0.29) is 5.91 Å². The van der Waals surface area contributed by atoms with Crippen LogP contribution in [0.15, 0.2) is 45.5 Å². The van der Waals surface area contributed by atoms with Crippen molar-refractivity contribution in [3.05, 3.63) is 56.7 Å². The molecule has 1 aromatic carbocycles. The van der Waals surface area contributed by atoms with E-state index in [2.05, 4.69) is 52.1 Å². The van der Waals surface area contributed by atoms with Crippen molar-refractivity contribution in [2.24, 2.45) is 0 Å². The number of benzene rings is 1. The smallest absolute Gasteiger partial charge is 0.253 e. The molecule has 0 aliphatic carbocycles. The standard InChI is InChI=1S/C17H12Br2N4O/c18-10-5-9(6-11(19)7-10)16-20-3-2-14(23-16)15-8-12-13(22-15)1-4-21-17(12)24/h2-3,5-8,22H,1,4H2,(H,21,24). The Morgan fingerprint density at radius 2 is 1.88 bits per heavy atom. The fraction of sp³-hybridized carbons (Fsp3) is 0.118. The SMILES string of the molecule is O=C1NCCc2[nH]c(-c3ccnc(-c4cc(Br)cc(Br)c4)n3)cc21. The lowest BCUT2D eigenvalue weighted by Gasteiger charge is -2.10. The van der Waals surface area contributed by atoms with Crippen molar-refractivity contribution < 1.29 is 4.79 Å². The number of amides is 1. The molecule has 0 saturated carbocycles. The third kappa shape index (κ3) is 2.89. The van der Waals surface area contributed by atoms with Crippen molar-refractivity contribution in [3.63, 3.8) is 0 Å². The van der Waals surface area contributed by atoms with Crippen molar-refractivity contribution in [3.8, 4) is 22.8 Å². The lowest BCUT2D eigenvalue weighted by atomic mass is 10.1. The molecule has 2 aromatic heterocycles. The van der Waals surface area contributed by atoms with E-state index >= 15 is 0 Å². The van der Waals surface area contributed by atoms with Crippen LogP contribution < -0.4 is 5.32 Å². The molecule has 0 saturated heterocycles. The highest BCUT2D eigenvalue weighted by atomic mass is 79.9. The van der Waals surface area contributed by atoms with Gasteiger partial charge in [-0.15, -0.1) is 0 Å². The van der Waals surface area contributed by atoms with Crippen LogP contribution in [0.1, 0.15) is 16.1 Å². The average molecular weight is 448 g/mol. The summed E-state index contributed by atoms with van der Waals surface area (Å²) in [5, 5.41) is 2.85. The van der Waals surface area contributed by atoms with Crippen LogP contribution in [0.5, 0.6) is 0 Å². The van der Waals surface area contributed by atoms with Gasteiger partial charge in [0.05, 0.1) is 17.0 Å². The summed E-state index contributed by atoms with van der Waals surface area (Å²) in [7, 11) is 0. The molecule has 0 bridgehead atoms. The van der Waals surface area contributed by atoms with E-state index in [0.717, 1.165) is 38.0 Å². The number of nitrogens with one attached hydrogen (secondary N) is 2. The van der Waals surface area contributed by atoms with Crippen LogP contribution in [-0.4, -0.2) is 27.4 Å². The maximum absolute atomic E-state index is 11.9. The van der Waals surface area contributed by atoms with Crippen molar-refractivity contribution in [1.29, 1.82) is 0 Å². The summed E-state index contributed by atoms with van der Waals surface area (Å²) < 4.78 is 1.90. The van der Waals surface area contributed by atoms with E-state index in [1.54, 1.807) is 6.20 Å². The van der Waals surface area contributed by atoms with Gasteiger partial charge in [0, 0.05) is 39.4 Å². The van der Waals surface area contributed by atoms with Crippen LogP contribution in [0, 0.1) is 0 Å². The Morgan fingerprint density at radius 1 is 1.08 bits per heavy atom. The van der Waals surface area contributed by atoms with Crippen molar-refractivity contribution in [1.82, 2.24) is 20.3 Å². The van der Waals surface area contributed by atoms with Gasteiger partial charge in [-0.1, -0.05) is 31.9 Å². The molecule has 0 unspecified atom stereocenters. The van der Waals surface area contributed by atoms with Crippen molar-refractivity contribution in [2.75, 3.05) is 6.54 Å². The minimum atomic E-state index is -0.0380. The lowest BCUT2D eigenvalue weighted by Crippen LogP contribution is -2.31. The summed E-state index contributed by atoms with van der Waals surface area (Å²) in [6.07, 6.45) is 2.53. The minimum absolute atomic E-state index is 0.0380. The van der Waals surface area contributed by atoms with Crippen molar-refractivity contribution >= 4 is 37.8 Å². The predicted octanol–water partition coefficient (Wildman–Crippen LogP) is 3.95. The first kappa shape index (κ1) is 15.5. The van der Waals surface area contributed by atoms with E-state index in [1.165, 1.54) is 0 Å².